The Balaban J connectivity index is 1.54. The van der Waals surface area contributed by atoms with Gasteiger partial charge in [0.1, 0.15) is 10.6 Å². The van der Waals surface area contributed by atoms with Crippen LogP contribution in [0, 0.1) is 0 Å². The van der Waals surface area contributed by atoms with E-state index >= 15 is 0 Å². The summed E-state index contributed by atoms with van der Waals surface area (Å²) in [4.78, 5) is 11.9. The zero-order valence-electron chi connectivity index (χ0n) is 16.3. The zero-order valence-corrected chi connectivity index (χ0v) is 17.2. The van der Waals surface area contributed by atoms with Crippen molar-refractivity contribution in [3.05, 3.63) is 60.2 Å². The lowest BCUT2D eigenvalue weighted by molar-refractivity contribution is -0.122. The van der Waals surface area contributed by atoms with Crippen LogP contribution in [0.3, 0.4) is 0 Å². The fourth-order valence-electron chi connectivity index (χ4n) is 3.44. The van der Waals surface area contributed by atoms with Gasteiger partial charge in [0, 0.05) is 25.6 Å². The van der Waals surface area contributed by atoms with Gasteiger partial charge in [-0.15, -0.1) is 0 Å². The number of aryl methyl sites for hydroxylation is 1. The number of nitrogens with zero attached hydrogens (tertiary/aromatic N) is 1. The molecule has 30 heavy (non-hydrogen) atoms. The number of para-hydroxylation sites is 1. The second-order valence-corrected chi connectivity index (χ2v) is 8.96. The van der Waals surface area contributed by atoms with E-state index in [9.17, 15) is 22.0 Å². The van der Waals surface area contributed by atoms with Crippen molar-refractivity contribution in [3.63, 3.8) is 0 Å². The molecule has 2 aromatic carbocycles. The van der Waals surface area contributed by atoms with Crippen molar-refractivity contribution in [1.29, 1.82) is 0 Å². The maximum Gasteiger partial charge on any atom is 0.387 e. The molecule has 6 nitrogen and oxygen atoms in total. The molecule has 1 aliphatic heterocycles. The molecule has 162 valence electrons. The van der Waals surface area contributed by atoms with Gasteiger partial charge in [0.05, 0.1) is 0 Å². The molecule has 0 atom stereocenters. The average Bonchev–Trinajstić information content (AvgIpc) is 2.73. The van der Waals surface area contributed by atoms with Gasteiger partial charge in [-0.1, -0.05) is 42.5 Å². The van der Waals surface area contributed by atoms with E-state index in [1.54, 1.807) is 0 Å². The lowest BCUT2D eigenvalue weighted by Crippen LogP contribution is -2.46. The van der Waals surface area contributed by atoms with E-state index in [4.69, 9.17) is 0 Å². The van der Waals surface area contributed by atoms with Crippen LogP contribution < -0.4 is 10.1 Å². The number of hydrogen-bond donors (Lipinski definition) is 1. The molecular weight excluding hydrogens is 414 g/mol. The highest BCUT2D eigenvalue weighted by Gasteiger charge is 2.32. The normalized spacial score (nSPS) is 15.8. The van der Waals surface area contributed by atoms with Gasteiger partial charge in [0.2, 0.25) is 15.9 Å². The molecule has 0 radical (unpaired) electrons. The molecular formula is C21H24F2N2O4S. The van der Waals surface area contributed by atoms with Crippen molar-refractivity contribution in [3.8, 4) is 5.75 Å². The molecule has 1 saturated heterocycles. The highest BCUT2D eigenvalue weighted by atomic mass is 32.2. The van der Waals surface area contributed by atoms with Gasteiger partial charge in [-0.25, -0.2) is 8.42 Å². The number of piperidine rings is 1. The van der Waals surface area contributed by atoms with E-state index in [0.717, 1.165) is 5.56 Å². The first kappa shape index (κ1) is 22.2. The van der Waals surface area contributed by atoms with E-state index in [-0.39, 0.29) is 35.7 Å². The summed E-state index contributed by atoms with van der Waals surface area (Å²) in [5, 5.41) is 2.95. The lowest BCUT2D eigenvalue weighted by atomic mass is 10.1. The van der Waals surface area contributed by atoms with Crippen LogP contribution in [0.5, 0.6) is 5.75 Å². The maximum absolute atomic E-state index is 12.9. The van der Waals surface area contributed by atoms with Gasteiger partial charge >= 0.3 is 6.61 Å². The number of sulfonamides is 1. The second-order valence-electron chi connectivity index (χ2n) is 7.06. The van der Waals surface area contributed by atoms with Gasteiger partial charge in [-0.05, 0) is 37.0 Å². The zero-order chi connectivity index (χ0) is 21.6. The van der Waals surface area contributed by atoms with Crippen LogP contribution in [0.15, 0.2) is 59.5 Å². The summed E-state index contributed by atoms with van der Waals surface area (Å²) in [6.07, 6.45) is 1.91. The van der Waals surface area contributed by atoms with Gasteiger partial charge in [0.15, 0.2) is 0 Å². The third kappa shape index (κ3) is 5.76. The molecule has 2 aromatic rings. The molecule has 1 amide bonds. The number of amides is 1. The number of carbonyl (C=O) groups excluding carboxylic acids is 1. The minimum Gasteiger partial charge on any atom is -0.433 e. The quantitative estimate of drug-likeness (QED) is 0.687. The van der Waals surface area contributed by atoms with Crippen molar-refractivity contribution >= 4 is 15.9 Å². The first-order valence-electron chi connectivity index (χ1n) is 9.73. The fourth-order valence-corrected chi connectivity index (χ4v) is 5.03. The van der Waals surface area contributed by atoms with Crippen molar-refractivity contribution in [2.45, 2.75) is 43.2 Å². The van der Waals surface area contributed by atoms with E-state index in [0.29, 0.717) is 25.7 Å². The Bertz CT molecular complexity index is 946. The van der Waals surface area contributed by atoms with Gasteiger partial charge in [-0.2, -0.15) is 13.1 Å². The topological polar surface area (TPSA) is 75.7 Å². The molecule has 1 fully saturated rings. The summed E-state index contributed by atoms with van der Waals surface area (Å²) in [5.41, 5.74) is 1.08. The second kappa shape index (κ2) is 9.99. The van der Waals surface area contributed by atoms with Crippen molar-refractivity contribution in [1.82, 2.24) is 9.62 Å². The maximum atomic E-state index is 12.9. The summed E-state index contributed by atoms with van der Waals surface area (Å²) < 4.78 is 56.6. The third-order valence-electron chi connectivity index (χ3n) is 4.99. The van der Waals surface area contributed by atoms with E-state index in [1.165, 1.54) is 28.6 Å². The highest BCUT2D eigenvalue weighted by Crippen LogP contribution is 2.29. The van der Waals surface area contributed by atoms with Crippen LogP contribution in [-0.4, -0.2) is 44.4 Å². The molecule has 3 rings (SSSR count). The largest absolute Gasteiger partial charge is 0.433 e. The van der Waals surface area contributed by atoms with Crippen LogP contribution in [0.25, 0.3) is 0 Å². The summed E-state index contributed by atoms with van der Waals surface area (Å²) in [6, 6.07) is 14.9. The van der Waals surface area contributed by atoms with E-state index < -0.39 is 16.6 Å². The SMILES string of the molecule is O=C(CCc1ccccc1)NC1CCN(S(=O)(=O)c2ccccc2OC(F)F)CC1. The van der Waals surface area contributed by atoms with Crippen LogP contribution >= 0.6 is 0 Å². The average molecular weight is 438 g/mol. The molecule has 0 saturated carbocycles. The third-order valence-corrected chi connectivity index (χ3v) is 6.92. The van der Waals surface area contributed by atoms with E-state index in [1.807, 2.05) is 30.3 Å². The Kier molecular flexibility index (Phi) is 7.38. The number of alkyl halides is 2. The number of nitrogens with one attached hydrogen (secondary N) is 1. The van der Waals surface area contributed by atoms with Crippen molar-refractivity contribution in [2.75, 3.05) is 13.1 Å². The predicted molar refractivity (Wildman–Crippen MR) is 108 cm³/mol. The summed E-state index contributed by atoms with van der Waals surface area (Å²) in [5.74, 6) is -0.445. The smallest absolute Gasteiger partial charge is 0.387 e. The van der Waals surface area contributed by atoms with E-state index in [2.05, 4.69) is 10.1 Å². The number of hydrogen-bond acceptors (Lipinski definition) is 4. The fraction of sp³-hybridized carbons (Fsp3) is 0.381. The molecule has 0 aliphatic carbocycles. The molecule has 1 aliphatic rings. The molecule has 1 N–H and O–H groups in total. The van der Waals surface area contributed by atoms with Crippen LogP contribution in [-0.2, 0) is 21.2 Å². The standard InChI is InChI=1S/C21H24F2N2O4S/c22-21(23)29-18-8-4-5-9-19(18)30(27,28)25-14-12-17(13-15-25)24-20(26)11-10-16-6-2-1-3-7-16/h1-9,17,21H,10-15H2,(H,24,26). The summed E-state index contributed by atoms with van der Waals surface area (Å²) in [6.45, 7) is -2.73. The number of benzene rings is 2. The molecule has 0 bridgehead atoms. The number of halogens is 2. The molecule has 1 heterocycles. The first-order chi connectivity index (χ1) is 14.4. The predicted octanol–water partition coefficient (Wildman–Crippen LogP) is 3.19. The van der Waals surface area contributed by atoms with Crippen LogP contribution in [0.2, 0.25) is 0 Å². The Morgan fingerprint density at radius 1 is 1.07 bits per heavy atom. The van der Waals surface area contributed by atoms with Crippen LogP contribution in [0.1, 0.15) is 24.8 Å². The molecule has 0 unspecified atom stereocenters. The Hall–Kier alpha value is -2.52. The highest BCUT2D eigenvalue weighted by molar-refractivity contribution is 7.89. The summed E-state index contributed by atoms with van der Waals surface area (Å²) in [7, 11) is -3.97. The number of carbonyl (C=O) groups is 1. The number of rotatable bonds is 8. The lowest BCUT2D eigenvalue weighted by Gasteiger charge is -2.32. The van der Waals surface area contributed by atoms with Crippen LogP contribution in [0.4, 0.5) is 8.78 Å². The summed E-state index contributed by atoms with van der Waals surface area (Å²) >= 11 is 0. The van der Waals surface area contributed by atoms with Gasteiger partial charge in [-0.3, -0.25) is 4.79 Å². The minimum absolute atomic E-state index is 0.0733. The number of ether oxygens (including phenoxy) is 1. The van der Waals surface area contributed by atoms with Gasteiger partial charge in [0.25, 0.3) is 0 Å². The molecule has 0 spiro atoms. The molecule has 9 heteroatoms. The Morgan fingerprint density at radius 3 is 2.37 bits per heavy atom. The minimum atomic E-state index is -3.97. The molecule has 0 aromatic heterocycles. The first-order valence-corrected chi connectivity index (χ1v) is 11.2. The monoisotopic (exact) mass is 438 g/mol. The Morgan fingerprint density at radius 2 is 1.70 bits per heavy atom. The van der Waals surface area contributed by atoms with Crippen molar-refractivity contribution in [2.24, 2.45) is 0 Å². The van der Waals surface area contributed by atoms with Gasteiger partial charge < -0.3 is 10.1 Å². The Labute approximate surface area is 174 Å². The van der Waals surface area contributed by atoms with Crippen molar-refractivity contribution < 1.29 is 26.7 Å².